The Morgan fingerprint density at radius 3 is 1.57 bits per heavy atom. The predicted octanol–water partition coefficient (Wildman–Crippen LogP) is 6.95. The molecular weight excluding hydrogens is 361 g/mol. The van der Waals surface area contributed by atoms with Crippen molar-refractivity contribution in [2.75, 3.05) is 6.54 Å². The second-order valence-corrected chi connectivity index (χ2v) is 22.0. The van der Waals surface area contributed by atoms with Gasteiger partial charge in [-0.1, -0.05) is 0 Å². The van der Waals surface area contributed by atoms with Crippen molar-refractivity contribution in [3.8, 4) is 0 Å². The molecule has 0 aromatic carbocycles. The van der Waals surface area contributed by atoms with E-state index in [1.54, 1.807) is 13.3 Å². The third-order valence-electron chi connectivity index (χ3n) is 4.85. The third-order valence-corrected chi connectivity index (χ3v) is 22.3. The van der Waals surface area contributed by atoms with Crippen molar-refractivity contribution in [1.82, 2.24) is 0 Å². The monoisotopic (exact) mass is 403 g/mol. The van der Waals surface area contributed by atoms with Crippen molar-refractivity contribution in [2.24, 2.45) is 10.9 Å². The van der Waals surface area contributed by atoms with Gasteiger partial charge in [-0.05, 0) is 0 Å². The van der Waals surface area contributed by atoms with Crippen LogP contribution in [0.4, 0.5) is 0 Å². The van der Waals surface area contributed by atoms with E-state index in [2.05, 4.69) is 47.8 Å². The van der Waals surface area contributed by atoms with Gasteiger partial charge in [0, 0.05) is 0 Å². The SMILES string of the molecule is CCC[CH2][Sn]([CH2]CCC)([CH2]CCC)[CH](C)C=NCC(C)C. The fraction of sp³-hybridized carbons (Fsp3) is 0.947. The van der Waals surface area contributed by atoms with E-state index in [-0.39, 0.29) is 0 Å². The molecule has 0 heterocycles. The molecular formula is C19H41NSn. The third kappa shape index (κ3) is 9.25. The molecule has 0 aliphatic heterocycles. The number of rotatable bonds is 13. The molecule has 0 fully saturated rings. The molecule has 0 spiro atoms. The molecule has 21 heavy (non-hydrogen) atoms. The molecule has 1 atom stereocenters. The van der Waals surface area contributed by atoms with Gasteiger partial charge in [-0.2, -0.15) is 0 Å². The first-order valence-corrected chi connectivity index (χ1v) is 17.2. The average molecular weight is 402 g/mol. The molecule has 0 aromatic heterocycles. The summed E-state index contributed by atoms with van der Waals surface area (Å²) in [7, 11) is 0. The normalized spacial score (nSPS) is 14.2. The number of hydrogen-bond acceptors (Lipinski definition) is 1. The maximum atomic E-state index is 4.79. The number of hydrogen-bond donors (Lipinski definition) is 0. The summed E-state index contributed by atoms with van der Waals surface area (Å²) < 4.78 is 5.63. The van der Waals surface area contributed by atoms with Crippen LogP contribution in [0.15, 0.2) is 4.99 Å². The summed E-state index contributed by atoms with van der Waals surface area (Å²) in [6.07, 6.45) is 10.9. The van der Waals surface area contributed by atoms with Gasteiger partial charge in [0.15, 0.2) is 0 Å². The molecule has 0 saturated heterocycles. The van der Waals surface area contributed by atoms with Crippen LogP contribution in [0.5, 0.6) is 0 Å². The summed E-state index contributed by atoms with van der Waals surface area (Å²) >= 11 is -2.05. The van der Waals surface area contributed by atoms with E-state index in [4.69, 9.17) is 4.99 Å². The minimum absolute atomic E-state index is 0.694. The molecule has 0 amide bonds. The topological polar surface area (TPSA) is 12.4 Å². The molecule has 2 heteroatoms. The van der Waals surface area contributed by atoms with Gasteiger partial charge >= 0.3 is 139 Å². The standard InChI is InChI=1S/C7H14N.3C4H9.Sn/c1-4-5-8-6-7(2)3;3*1-3-4-2;/h4-5,7H,6H2,1-3H3;3*1,3-4H2,2H3;. The second-order valence-electron chi connectivity index (χ2n) is 7.37. The molecule has 0 aliphatic rings. The van der Waals surface area contributed by atoms with Crippen molar-refractivity contribution >= 4 is 24.6 Å². The van der Waals surface area contributed by atoms with E-state index in [0.29, 0.717) is 5.92 Å². The zero-order valence-electron chi connectivity index (χ0n) is 15.8. The molecule has 0 radical (unpaired) electrons. The van der Waals surface area contributed by atoms with E-state index < -0.39 is 18.4 Å². The summed E-state index contributed by atoms with van der Waals surface area (Å²) in [5.74, 6) is 0.694. The Bertz CT molecular complexity index is 239. The summed E-state index contributed by atoms with van der Waals surface area (Å²) in [4.78, 5) is 4.79. The van der Waals surface area contributed by atoms with E-state index >= 15 is 0 Å². The second kappa shape index (κ2) is 13.0. The van der Waals surface area contributed by atoms with E-state index in [9.17, 15) is 0 Å². The molecule has 1 unspecified atom stereocenters. The molecule has 0 bridgehead atoms. The zero-order valence-corrected chi connectivity index (χ0v) is 18.6. The quantitative estimate of drug-likeness (QED) is 0.233. The maximum absolute atomic E-state index is 4.79. The summed E-state index contributed by atoms with van der Waals surface area (Å²) in [5.41, 5.74) is 0. The number of aliphatic imine (C=N–C) groups is 1. The van der Waals surface area contributed by atoms with E-state index in [1.807, 2.05) is 0 Å². The Hall–Kier alpha value is 0.469. The molecule has 126 valence electrons. The van der Waals surface area contributed by atoms with Crippen LogP contribution in [0, 0.1) is 5.92 Å². The number of nitrogens with zero attached hydrogens (tertiary/aromatic N) is 1. The molecule has 0 aliphatic carbocycles. The molecule has 0 saturated carbocycles. The summed E-state index contributed by atoms with van der Waals surface area (Å²) in [6.45, 7) is 15.1. The first kappa shape index (κ1) is 21.5. The van der Waals surface area contributed by atoms with Gasteiger partial charge in [-0.25, -0.2) is 0 Å². The van der Waals surface area contributed by atoms with Gasteiger partial charge in [0.25, 0.3) is 0 Å². The summed E-state index contributed by atoms with van der Waals surface area (Å²) in [5, 5.41) is 0. The van der Waals surface area contributed by atoms with Crippen LogP contribution in [0.3, 0.4) is 0 Å². The van der Waals surface area contributed by atoms with Crippen LogP contribution in [0.2, 0.25) is 17.2 Å². The van der Waals surface area contributed by atoms with Gasteiger partial charge < -0.3 is 0 Å². The Labute approximate surface area is 139 Å². The van der Waals surface area contributed by atoms with Crippen molar-refractivity contribution in [3.05, 3.63) is 0 Å². The predicted molar refractivity (Wildman–Crippen MR) is 103 cm³/mol. The van der Waals surface area contributed by atoms with Crippen molar-refractivity contribution in [2.45, 2.75) is 97.3 Å². The first-order chi connectivity index (χ1) is 10.0. The average Bonchev–Trinajstić information content (AvgIpc) is 2.46. The van der Waals surface area contributed by atoms with E-state index in [0.717, 1.165) is 10.5 Å². The van der Waals surface area contributed by atoms with Gasteiger partial charge in [-0.3, -0.25) is 0 Å². The van der Waals surface area contributed by atoms with Crippen LogP contribution < -0.4 is 0 Å². The molecule has 0 aromatic rings. The van der Waals surface area contributed by atoms with Gasteiger partial charge in [0.1, 0.15) is 0 Å². The van der Waals surface area contributed by atoms with Gasteiger partial charge in [0.2, 0.25) is 0 Å². The number of unbranched alkanes of at least 4 members (excludes halogenated alkanes) is 3. The van der Waals surface area contributed by atoms with Crippen molar-refractivity contribution in [1.29, 1.82) is 0 Å². The summed E-state index contributed by atoms with van der Waals surface area (Å²) in [6, 6.07) is 0. The minimum atomic E-state index is -2.05. The fourth-order valence-electron chi connectivity index (χ4n) is 3.23. The molecule has 0 N–H and O–H groups in total. The van der Waals surface area contributed by atoms with Crippen LogP contribution >= 0.6 is 0 Å². The first-order valence-electron chi connectivity index (χ1n) is 9.52. The van der Waals surface area contributed by atoms with Crippen molar-refractivity contribution in [3.63, 3.8) is 0 Å². The van der Waals surface area contributed by atoms with Gasteiger partial charge in [0.05, 0.1) is 0 Å². The Morgan fingerprint density at radius 2 is 1.24 bits per heavy atom. The van der Waals surface area contributed by atoms with Crippen LogP contribution in [0.25, 0.3) is 0 Å². The Morgan fingerprint density at radius 1 is 0.810 bits per heavy atom. The molecule has 0 rings (SSSR count). The fourth-order valence-corrected chi connectivity index (χ4v) is 19.5. The van der Waals surface area contributed by atoms with E-state index in [1.165, 1.54) is 38.5 Å². The Balaban J connectivity index is 4.94. The van der Waals surface area contributed by atoms with Crippen LogP contribution in [-0.2, 0) is 0 Å². The van der Waals surface area contributed by atoms with Crippen molar-refractivity contribution < 1.29 is 0 Å². The zero-order chi connectivity index (χ0) is 16.1. The van der Waals surface area contributed by atoms with Gasteiger partial charge in [-0.15, -0.1) is 0 Å². The Kier molecular flexibility index (Phi) is 13.2. The van der Waals surface area contributed by atoms with Crippen LogP contribution in [-0.4, -0.2) is 31.1 Å². The van der Waals surface area contributed by atoms with Crippen LogP contribution in [0.1, 0.15) is 80.1 Å². The molecule has 1 nitrogen and oxygen atoms in total.